The Labute approximate surface area is 132 Å². The highest BCUT2D eigenvalue weighted by atomic mass is 79.9. The molecule has 1 atom stereocenters. The molecule has 0 saturated carbocycles. The van der Waals surface area contributed by atoms with Gasteiger partial charge in [-0.25, -0.2) is 0 Å². The van der Waals surface area contributed by atoms with Gasteiger partial charge < -0.3 is 16.3 Å². The molecule has 0 amide bonds. The zero-order valence-electron chi connectivity index (χ0n) is 11.8. The van der Waals surface area contributed by atoms with Crippen molar-refractivity contribution in [1.29, 1.82) is 0 Å². The molecule has 0 heterocycles. The van der Waals surface area contributed by atoms with Crippen molar-refractivity contribution in [3.8, 4) is 0 Å². The lowest BCUT2D eigenvalue weighted by atomic mass is 10.1. The lowest BCUT2D eigenvalue weighted by Crippen LogP contribution is -2.19. The van der Waals surface area contributed by atoms with Gasteiger partial charge in [-0.3, -0.25) is 0 Å². The largest absolute Gasteiger partial charge is 0.409 e. The van der Waals surface area contributed by atoms with Gasteiger partial charge in [-0.05, 0) is 36.2 Å². The summed E-state index contributed by atoms with van der Waals surface area (Å²) < 4.78 is 1.07. The molecular weight excluding hydrogens is 330 g/mol. The van der Waals surface area contributed by atoms with Crippen LogP contribution in [0.2, 0.25) is 0 Å². The Morgan fingerprint density at radius 3 is 2.76 bits per heavy atom. The van der Waals surface area contributed by atoms with E-state index >= 15 is 0 Å². The molecule has 0 unspecified atom stereocenters. The van der Waals surface area contributed by atoms with E-state index in [1.807, 2.05) is 36.4 Å². The summed E-state index contributed by atoms with van der Waals surface area (Å²) in [6, 6.07) is 16.1. The van der Waals surface area contributed by atoms with Crippen molar-refractivity contribution in [2.24, 2.45) is 10.9 Å². The van der Waals surface area contributed by atoms with Crippen molar-refractivity contribution in [2.75, 3.05) is 0 Å². The fraction of sp³-hybridized carbons (Fsp3) is 0.188. The van der Waals surface area contributed by atoms with E-state index in [0.717, 1.165) is 10.0 Å². The van der Waals surface area contributed by atoms with Crippen molar-refractivity contribution < 1.29 is 5.21 Å². The van der Waals surface area contributed by atoms with Gasteiger partial charge in [0.05, 0.1) is 0 Å². The molecule has 2 aromatic rings. The van der Waals surface area contributed by atoms with Crippen molar-refractivity contribution in [3.63, 3.8) is 0 Å². The molecule has 5 heteroatoms. The summed E-state index contributed by atoms with van der Waals surface area (Å²) in [6.07, 6.45) is 0. The number of rotatable bonds is 5. The van der Waals surface area contributed by atoms with Gasteiger partial charge in [-0.2, -0.15) is 0 Å². The predicted molar refractivity (Wildman–Crippen MR) is 88.3 cm³/mol. The van der Waals surface area contributed by atoms with Crippen LogP contribution in [0.1, 0.15) is 29.7 Å². The fourth-order valence-corrected chi connectivity index (χ4v) is 2.48. The Balaban J connectivity index is 2.03. The van der Waals surface area contributed by atoms with Crippen LogP contribution in [0.25, 0.3) is 0 Å². The number of amidine groups is 1. The summed E-state index contributed by atoms with van der Waals surface area (Å²) in [5.41, 5.74) is 8.62. The van der Waals surface area contributed by atoms with Crippen LogP contribution in [0.15, 0.2) is 58.2 Å². The minimum Gasteiger partial charge on any atom is -0.409 e. The van der Waals surface area contributed by atoms with Gasteiger partial charge in [0.15, 0.2) is 5.84 Å². The van der Waals surface area contributed by atoms with Crippen LogP contribution in [0.4, 0.5) is 0 Å². The lowest BCUT2D eigenvalue weighted by Gasteiger charge is -2.15. The number of nitrogens with zero attached hydrogens (tertiary/aromatic N) is 1. The van der Waals surface area contributed by atoms with Crippen LogP contribution in [0.3, 0.4) is 0 Å². The van der Waals surface area contributed by atoms with Crippen LogP contribution in [-0.2, 0) is 6.54 Å². The molecular formula is C16H18BrN3O. The fourth-order valence-electron chi connectivity index (χ4n) is 2.06. The zero-order chi connectivity index (χ0) is 15.2. The summed E-state index contributed by atoms with van der Waals surface area (Å²) in [7, 11) is 0. The Kier molecular flexibility index (Phi) is 5.36. The second kappa shape index (κ2) is 7.24. The monoisotopic (exact) mass is 347 g/mol. The number of hydrogen-bond donors (Lipinski definition) is 3. The average Bonchev–Trinajstić information content (AvgIpc) is 2.52. The molecule has 0 aromatic heterocycles. The Bertz CT molecular complexity index is 643. The summed E-state index contributed by atoms with van der Waals surface area (Å²) in [5, 5.41) is 15.2. The molecule has 0 aliphatic carbocycles. The van der Waals surface area contributed by atoms with Crippen LogP contribution >= 0.6 is 15.9 Å². The van der Waals surface area contributed by atoms with E-state index in [-0.39, 0.29) is 11.9 Å². The molecule has 0 aliphatic heterocycles. The molecule has 4 nitrogen and oxygen atoms in total. The van der Waals surface area contributed by atoms with Gasteiger partial charge in [0.1, 0.15) is 0 Å². The molecule has 21 heavy (non-hydrogen) atoms. The quantitative estimate of drug-likeness (QED) is 0.336. The van der Waals surface area contributed by atoms with Crippen molar-refractivity contribution in [3.05, 3.63) is 69.7 Å². The summed E-state index contributed by atoms with van der Waals surface area (Å²) in [5.74, 6) is 0.122. The average molecular weight is 348 g/mol. The Morgan fingerprint density at radius 1 is 1.29 bits per heavy atom. The highest BCUT2D eigenvalue weighted by molar-refractivity contribution is 9.10. The maximum atomic E-state index is 8.71. The number of halogens is 1. The third-order valence-electron chi connectivity index (χ3n) is 3.29. The van der Waals surface area contributed by atoms with Crippen molar-refractivity contribution >= 4 is 21.8 Å². The topological polar surface area (TPSA) is 70.6 Å². The van der Waals surface area contributed by atoms with E-state index in [1.54, 1.807) is 0 Å². The van der Waals surface area contributed by atoms with Crippen LogP contribution in [0.5, 0.6) is 0 Å². The maximum absolute atomic E-state index is 8.71. The number of oxime groups is 1. The minimum atomic E-state index is 0.122. The van der Waals surface area contributed by atoms with E-state index in [0.29, 0.717) is 12.1 Å². The van der Waals surface area contributed by atoms with E-state index in [9.17, 15) is 0 Å². The lowest BCUT2D eigenvalue weighted by molar-refractivity contribution is 0.318. The molecule has 0 saturated heterocycles. The highest BCUT2D eigenvalue weighted by Gasteiger charge is 2.06. The molecule has 4 N–H and O–H groups in total. The molecule has 110 valence electrons. The molecule has 0 spiro atoms. The van der Waals surface area contributed by atoms with Gasteiger partial charge in [0, 0.05) is 22.6 Å². The first kappa shape index (κ1) is 15.5. The second-order valence-corrected chi connectivity index (χ2v) is 5.76. The van der Waals surface area contributed by atoms with Crippen molar-refractivity contribution in [2.45, 2.75) is 19.5 Å². The Morgan fingerprint density at radius 2 is 2.05 bits per heavy atom. The first-order chi connectivity index (χ1) is 10.1. The number of hydrogen-bond acceptors (Lipinski definition) is 3. The summed E-state index contributed by atoms with van der Waals surface area (Å²) in [4.78, 5) is 0. The predicted octanol–water partition coefficient (Wildman–Crippen LogP) is 3.39. The van der Waals surface area contributed by atoms with E-state index in [2.05, 4.69) is 45.5 Å². The highest BCUT2D eigenvalue weighted by Crippen LogP contribution is 2.18. The zero-order valence-corrected chi connectivity index (χ0v) is 13.3. The molecule has 2 aromatic carbocycles. The maximum Gasteiger partial charge on any atom is 0.170 e. The van der Waals surface area contributed by atoms with Gasteiger partial charge in [0.2, 0.25) is 0 Å². The van der Waals surface area contributed by atoms with Gasteiger partial charge in [0.25, 0.3) is 0 Å². The standard InChI is InChI=1S/C16H18BrN3O/c1-11(13-5-3-7-15(17)9-13)19-10-12-4-2-6-14(8-12)16(18)20-21/h2-9,11,19,21H,10H2,1H3,(H2,18,20)/t11-/m1/s1. The van der Waals surface area contributed by atoms with Crippen molar-refractivity contribution in [1.82, 2.24) is 5.32 Å². The van der Waals surface area contributed by atoms with Crippen LogP contribution in [-0.4, -0.2) is 11.0 Å². The van der Waals surface area contributed by atoms with Gasteiger partial charge in [-0.15, -0.1) is 0 Å². The molecule has 0 fully saturated rings. The first-order valence-electron chi connectivity index (χ1n) is 6.66. The molecule has 0 bridgehead atoms. The first-order valence-corrected chi connectivity index (χ1v) is 7.45. The number of nitrogens with one attached hydrogen (secondary N) is 1. The van der Waals surface area contributed by atoms with Gasteiger partial charge in [-0.1, -0.05) is 51.4 Å². The van der Waals surface area contributed by atoms with E-state index in [1.165, 1.54) is 5.56 Å². The van der Waals surface area contributed by atoms with Gasteiger partial charge >= 0.3 is 0 Å². The molecule has 2 rings (SSSR count). The number of nitrogens with two attached hydrogens (primary N) is 1. The third kappa shape index (κ3) is 4.31. The molecule has 0 aliphatic rings. The van der Waals surface area contributed by atoms with Crippen LogP contribution in [0, 0.1) is 0 Å². The summed E-state index contributed by atoms with van der Waals surface area (Å²) >= 11 is 3.48. The Hall–Kier alpha value is -1.85. The number of benzene rings is 2. The third-order valence-corrected chi connectivity index (χ3v) is 3.78. The van der Waals surface area contributed by atoms with Crippen LogP contribution < -0.4 is 11.1 Å². The summed E-state index contributed by atoms with van der Waals surface area (Å²) in [6.45, 7) is 2.83. The second-order valence-electron chi connectivity index (χ2n) is 4.84. The smallest absolute Gasteiger partial charge is 0.170 e. The van der Waals surface area contributed by atoms with E-state index < -0.39 is 0 Å². The minimum absolute atomic E-state index is 0.122. The SMILES string of the molecule is C[C@@H](NCc1cccc(/C(N)=N/O)c1)c1cccc(Br)c1. The molecule has 0 radical (unpaired) electrons. The normalized spacial score (nSPS) is 13.1. The van der Waals surface area contributed by atoms with E-state index in [4.69, 9.17) is 10.9 Å².